The predicted molar refractivity (Wildman–Crippen MR) is 80.9 cm³/mol. The Labute approximate surface area is 127 Å². The van der Waals surface area contributed by atoms with Gasteiger partial charge in [-0.3, -0.25) is 9.59 Å². The minimum Gasteiger partial charge on any atom is -0.355 e. The molecule has 0 bridgehead atoms. The summed E-state index contributed by atoms with van der Waals surface area (Å²) in [5.74, 6) is -0.691. The van der Waals surface area contributed by atoms with Crippen molar-refractivity contribution in [3.05, 3.63) is 17.0 Å². The summed E-state index contributed by atoms with van der Waals surface area (Å²) in [6.07, 6.45) is 2.23. The SMILES string of the molecule is CNC(=O)c1ccsc1NC(=O)[C@@H]1CCCN1S(C)(=O)=O. The summed E-state index contributed by atoms with van der Waals surface area (Å²) in [6, 6.07) is 0.905. The van der Waals surface area contributed by atoms with Crippen LogP contribution in [0.25, 0.3) is 0 Å². The monoisotopic (exact) mass is 331 g/mol. The molecular weight excluding hydrogens is 314 g/mol. The fourth-order valence-electron chi connectivity index (χ4n) is 2.31. The van der Waals surface area contributed by atoms with E-state index in [1.165, 1.54) is 22.7 Å². The third-order valence-corrected chi connectivity index (χ3v) is 5.42. The molecule has 2 rings (SSSR count). The number of nitrogens with zero attached hydrogens (tertiary/aromatic N) is 1. The second kappa shape index (κ2) is 6.12. The number of thiophene rings is 1. The van der Waals surface area contributed by atoms with Crippen molar-refractivity contribution in [1.29, 1.82) is 0 Å². The fourth-order valence-corrected chi connectivity index (χ4v) is 4.23. The summed E-state index contributed by atoms with van der Waals surface area (Å²) < 4.78 is 24.5. The molecule has 1 atom stereocenters. The lowest BCUT2D eigenvalue weighted by molar-refractivity contribution is -0.119. The maximum absolute atomic E-state index is 12.3. The topological polar surface area (TPSA) is 95.6 Å². The smallest absolute Gasteiger partial charge is 0.254 e. The van der Waals surface area contributed by atoms with E-state index in [1.54, 1.807) is 11.4 Å². The number of carbonyl (C=O) groups is 2. The van der Waals surface area contributed by atoms with E-state index in [-0.39, 0.29) is 5.91 Å². The van der Waals surface area contributed by atoms with Crippen LogP contribution in [0, 0.1) is 0 Å². The maximum Gasteiger partial charge on any atom is 0.254 e. The maximum atomic E-state index is 12.3. The highest BCUT2D eigenvalue weighted by Gasteiger charge is 2.36. The van der Waals surface area contributed by atoms with Crippen LogP contribution in [-0.4, -0.2) is 50.4 Å². The van der Waals surface area contributed by atoms with E-state index in [0.717, 1.165) is 6.26 Å². The molecule has 0 spiro atoms. The van der Waals surface area contributed by atoms with Gasteiger partial charge in [-0.15, -0.1) is 11.3 Å². The number of sulfonamides is 1. The van der Waals surface area contributed by atoms with E-state index in [1.807, 2.05) is 0 Å². The number of rotatable bonds is 4. The van der Waals surface area contributed by atoms with Crippen molar-refractivity contribution in [2.45, 2.75) is 18.9 Å². The first-order valence-corrected chi connectivity index (χ1v) is 9.14. The second-order valence-electron chi connectivity index (χ2n) is 4.76. The highest BCUT2D eigenvalue weighted by Crippen LogP contribution is 2.26. The molecule has 0 unspecified atom stereocenters. The quantitative estimate of drug-likeness (QED) is 0.838. The predicted octanol–water partition coefficient (Wildman–Crippen LogP) is 0.470. The summed E-state index contributed by atoms with van der Waals surface area (Å²) in [6.45, 7) is 0.351. The number of amides is 2. The zero-order valence-electron chi connectivity index (χ0n) is 11.8. The van der Waals surface area contributed by atoms with Crippen LogP contribution < -0.4 is 10.6 Å². The average Bonchev–Trinajstić information content (AvgIpc) is 3.05. The number of hydrogen-bond acceptors (Lipinski definition) is 5. The van der Waals surface area contributed by atoms with Crippen LogP contribution in [0.1, 0.15) is 23.2 Å². The lowest BCUT2D eigenvalue weighted by Crippen LogP contribution is -2.42. The number of anilines is 1. The first kappa shape index (κ1) is 15.9. The zero-order chi connectivity index (χ0) is 15.6. The van der Waals surface area contributed by atoms with Crippen molar-refractivity contribution in [3.8, 4) is 0 Å². The Morgan fingerprint density at radius 3 is 2.76 bits per heavy atom. The van der Waals surface area contributed by atoms with Gasteiger partial charge in [0.1, 0.15) is 11.0 Å². The zero-order valence-corrected chi connectivity index (χ0v) is 13.4. The van der Waals surface area contributed by atoms with Gasteiger partial charge in [0, 0.05) is 13.6 Å². The Kier molecular flexibility index (Phi) is 4.64. The van der Waals surface area contributed by atoms with Crippen LogP contribution in [-0.2, 0) is 14.8 Å². The highest BCUT2D eigenvalue weighted by molar-refractivity contribution is 7.88. The molecule has 2 N–H and O–H groups in total. The van der Waals surface area contributed by atoms with E-state index < -0.39 is 22.0 Å². The van der Waals surface area contributed by atoms with E-state index in [2.05, 4.69) is 10.6 Å². The Morgan fingerprint density at radius 2 is 2.14 bits per heavy atom. The van der Waals surface area contributed by atoms with Crippen molar-refractivity contribution in [1.82, 2.24) is 9.62 Å². The van der Waals surface area contributed by atoms with Gasteiger partial charge in [-0.1, -0.05) is 0 Å². The van der Waals surface area contributed by atoms with Gasteiger partial charge in [-0.05, 0) is 24.3 Å². The molecule has 2 heterocycles. The molecule has 0 aromatic carbocycles. The third-order valence-electron chi connectivity index (χ3n) is 3.31. The Morgan fingerprint density at radius 1 is 1.43 bits per heavy atom. The Hall–Kier alpha value is -1.45. The molecule has 9 heteroatoms. The molecule has 1 saturated heterocycles. The Balaban J connectivity index is 2.15. The molecule has 0 radical (unpaired) electrons. The first-order valence-electron chi connectivity index (χ1n) is 6.42. The molecular formula is C12H17N3O4S2. The number of nitrogens with one attached hydrogen (secondary N) is 2. The molecule has 1 aromatic heterocycles. The van der Waals surface area contributed by atoms with Gasteiger partial charge in [0.15, 0.2) is 0 Å². The number of carbonyl (C=O) groups excluding carboxylic acids is 2. The van der Waals surface area contributed by atoms with Gasteiger partial charge in [0.2, 0.25) is 15.9 Å². The van der Waals surface area contributed by atoms with E-state index in [0.29, 0.717) is 30.0 Å². The van der Waals surface area contributed by atoms with Crippen LogP contribution in [0.3, 0.4) is 0 Å². The molecule has 2 amide bonds. The van der Waals surface area contributed by atoms with Gasteiger partial charge < -0.3 is 10.6 Å². The third kappa shape index (κ3) is 3.42. The first-order chi connectivity index (χ1) is 9.84. The minimum absolute atomic E-state index is 0.294. The average molecular weight is 331 g/mol. The Bertz CT molecular complexity index is 653. The molecule has 0 saturated carbocycles. The van der Waals surface area contributed by atoms with E-state index >= 15 is 0 Å². The molecule has 0 aliphatic carbocycles. The summed E-state index contributed by atoms with van der Waals surface area (Å²) in [4.78, 5) is 24.0. The van der Waals surface area contributed by atoms with E-state index in [4.69, 9.17) is 0 Å². The van der Waals surface area contributed by atoms with Crippen molar-refractivity contribution < 1.29 is 18.0 Å². The van der Waals surface area contributed by atoms with Crippen LogP contribution >= 0.6 is 11.3 Å². The van der Waals surface area contributed by atoms with Gasteiger partial charge in [-0.2, -0.15) is 4.31 Å². The number of hydrogen-bond donors (Lipinski definition) is 2. The van der Waals surface area contributed by atoms with Crippen LogP contribution in [0.5, 0.6) is 0 Å². The molecule has 1 aliphatic rings. The summed E-state index contributed by atoms with van der Waals surface area (Å²) in [5, 5.41) is 7.28. The van der Waals surface area contributed by atoms with Gasteiger partial charge in [0.05, 0.1) is 11.8 Å². The van der Waals surface area contributed by atoms with Crippen LogP contribution in [0.2, 0.25) is 0 Å². The molecule has 7 nitrogen and oxygen atoms in total. The molecule has 1 aromatic rings. The van der Waals surface area contributed by atoms with Gasteiger partial charge >= 0.3 is 0 Å². The molecule has 1 fully saturated rings. The molecule has 1 aliphatic heterocycles. The largest absolute Gasteiger partial charge is 0.355 e. The normalized spacial score (nSPS) is 19.4. The standard InChI is InChI=1S/C12H17N3O4S2/c1-13-10(16)8-5-7-20-12(8)14-11(17)9-4-3-6-15(9)21(2,18)19/h5,7,9H,3-4,6H2,1-2H3,(H,13,16)(H,14,17)/t9-/m0/s1. The lowest BCUT2D eigenvalue weighted by Gasteiger charge is -2.21. The van der Waals surface area contributed by atoms with Crippen LogP contribution in [0.15, 0.2) is 11.4 Å². The van der Waals surface area contributed by atoms with Gasteiger partial charge in [-0.25, -0.2) is 8.42 Å². The van der Waals surface area contributed by atoms with Crippen molar-refractivity contribution in [3.63, 3.8) is 0 Å². The highest BCUT2D eigenvalue weighted by atomic mass is 32.2. The molecule has 21 heavy (non-hydrogen) atoms. The second-order valence-corrected chi connectivity index (χ2v) is 7.61. The van der Waals surface area contributed by atoms with E-state index in [9.17, 15) is 18.0 Å². The van der Waals surface area contributed by atoms with Crippen molar-refractivity contribution in [2.24, 2.45) is 0 Å². The summed E-state index contributed by atoms with van der Waals surface area (Å²) >= 11 is 1.23. The summed E-state index contributed by atoms with van der Waals surface area (Å²) in [5.41, 5.74) is 0.375. The molecule has 116 valence electrons. The fraction of sp³-hybridized carbons (Fsp3) is 0.500. The van der Waals surface area contributed by atoms with Crippen molar-refractivity contribution >= 4 is 38.2 Å². The van der Waals surface area contributed by atoms with Crippen LogP contribution in [0.4, 0.5) is 5.00 Å². The lowest BCUT2D eigenvalue weighted by atomic mass is 10.2. The van der Waals surface area contributed by atoms with Crippen molar-refractivity contribution in [2.75, 3.05) is 25.2 Å². The summed E-state index contributed by atoms with van der Waals surface area (Å²) in [7, 11) is -1.90. The van der Waals surface area contributed by atoms with Gasteiger partial charge in [0.25, 0.3) is 5.91 Å². The minimum atomic E-state index is -3.41.